The number of hydrogen-bond donors (Lipinski definition) is 2. The maximum absolute atomic E-state index is 11.2. The number of carbonyl (C=O) groups excluding carboxylic acids is 2. The zero-order chi connectivity index (χ0) is 9.84. The number of nitrogens with one attached hydrogen (secondary N) is 2. The molecule has 0 atom stereocenters. The summed E-state index contributed by atoms with van der Waals surface area (Å²) in [6.45, 7) is 2.89. The van der Waals surface area contributed by atoms with Crippen LogP contribution in [0.25, 0.3) is 0 Å². The van der Waals surface area contributed by atoms with Crippen molar-refractivity contribution in [2.75, 3.05) is 0 Å². The molecule has 6 nitrogen and oxygen atoms in total. The molecule has 1 aromatic rings. The molecule has 0 aliphatic rings. The van der Waals surface area contributed by atoms with Gasteiger partial charge in [-0.2, -0.15) is 0 Å². The third-order valence-corrected chi connectivity index (χ3v) is 1.31. The van der Waals surface area contributed by atoms with Crippen LogP contribution >= 0.6 is 0 Å². The van der Waals surface area contributed by atoms with Crippen molar-refractivity contribution in [1.29, 1.82) is 0 Å². The summed E-state index contributed by atoms with van der Waals surface area (Å²) in [5.74, 6) is -0.446. The van der Waals surface area contributed by atoms with Crippen LogP contribution in [-0.4, -0.2) is 16.8 Å². The maximum Gasteiger partial charge on any atom is 0.291 e. The highest BCUT2D eigenvalue weighted by atomic mass is 16.3. The number of carbonyl (C=O) groups is 2. The van der Waals surface area contributed by atoms with Crippen molar-refractivity contribution < 1.29 is 14.0 Å². The quantitative estimate of drug-likeness (QED) is 0.588. The van der Waals surface area contributed by atoms with Crippen molar-refractivity contribution in [3.63, 3.8) is 0 Å². The highest BCUT2D eigenvalue weighted by Gasteiger charge is 2.12. The minimum Gasteiger partial charge on any atom is -0.448 e. The van der Waals surface area contributed by atoms with E-state index in [4.69, 9.17) is 4.42 Å². The van der Waals surface area contributed by atoms with Gasteiger partial charge in [-0.15, -0.1) is 0 Å². The molecule has 0 unspecified atom stereocenters. The Morgan fingerprint density at radius 2 is 2.15 bits per heavy atom. The summed E-state index contributed by atoms with van der Waals surface area (Å²) in [5.41, 5.74) is 4.47. The van der Waals surface area contributed by atoms with E-state index in [1.165, 1.54) is 6.92 Å². The topological polar surface area (TPSA) is 84.2 Å². The highest BCUT2D eigenvalue weighted by Crippen LogP contribution is 2.02. The number of amides is 2. The van der Waals surface area contributed by atoms with Gasteiger partial charge >= 0.3 is 0 Å². The van der Waals surface area contributed by atoms with Crippen LogP contribution in [0.4, 0.5) is 0 Å². The number of nitrogens with zero attached hydrogens (tertiary/aromatic N) is 1. The minimum absolute atomic E-state index is 0.161. The Morgan fingerprint density at radius 1 is 1.46 bits per heavy atom. The first-order valence-electron chi connectivity index (χ1n) is 3.58. The molecule has 0 saturated heterocycles. The van der Waals surface area contributed by atoms with E-state index in [9.17, 15) is 9.59 Å². The molecule has 1 rings (SSSR count). The lowest BCUT2D eigenvalue weighted by Crippen LogP contribution is -2.40. The summed E-state index contributed by atoms with van der Waals surface area (Å²) in [4.78, 5) is 25.3. The van der Waals surface area contributed by atoms with Crippen molar-refractivity contribution in [3.05, 3.63) is 17.8 Å². The molecule has 1 aromatic heterocycles. The third-order valence-electron chi connectivity index (χ3n) is 1.31. The SMILES string of the molecule is CC(=O)NNC(=O)c1ncoc1C. The number of aromatic nitrogens is 1. The second kappa shape index (κ2) is 3.70. The maximum atomic E-state index is 11.2. The van der Waals surface area contributed by atoms with Crippen LogP contribution in [0.1, 0.15) is 23.2 Å². The van der Waals surface area contributed by atoms with Crippen molar-refractivity contribution in [2.45, 2.75) is 13.8 Å². The fourth-order valence-corrected chi connectivity index (χ4v) is 0.727. The molecule has 0 aliphatic heterocycles. The van der Waals surface area contributed by atoms with Crippen LogP contribution in [0.3, 0.4) is 0 Å². The Kier molecular flexibility index (Phi) is 2.63. The lowest BCUT2D eigenvalue weighted by atomic mass is 10.3. The number of oxazole rings is 1. The molecule has 70 valence electrons. The molecule has 0 spiro atoms. The van der Waals surface area contributed by atoms with Crippen molar-refractivity contribution in [3.8, 4) is 0 Å². The summed E-state index contributed by atoms with van der Waals surface area (Å²) < 4.78 is 4.81. The first-order valence-corrected chi connectivity index (χ1v) is 3.58. The molecule has 13 heavy (non-hydrogen) atoms. The van der Waals surface area contributed by atoms with Crippen LogP contribution in [0.2, 0.25) is 0 Å². The molecule has 0 saturated carbocycles. The van der Waals surface area contributed by atoms with Crippen molar-refractivity contribution in [1.82, 2.24) is 15.8 Å². The Balaban J connectivity index is 2.59. The average molecular weight is 183 g/mol. The van der Waals surface area contributed by atoms with E-state index in [-0.39, 0.29) is 11.6 Å². The monoisotopic (exact) mass is 183 g/mol. The van der Waals surface area contributed by atoms with Gasteiger partial charge in [0.1, 0.15) is 5.76 Å². The third kappa shape index (κ3) is 2.29. The minimum atomic E-state index is -0.499. The summed E-state index contributed by atoms with van der Waals surface area (Å²) in [5, 5.41) is 0. The summed E-state index contributed by atoms with van der Waals surface area (Å²) in [6, 6.07) is 0. The molecule has 0 fully saturated rings. The standard InChI is InChI=1S/C7H9N3O3/c1-4-6(8-3-13-4)7(12)10-9-5(2)11/h3H,1-2H3,(H,9,11)(H,10,12). The fraction of sp³-hybridized carbons (Fsp3) is 0.286. The molecule has 0 radical (unpaired) electrons. The number of rotatable bonds is 1. The Labute approximate surface area is 74.3 Å². The van der Waals surface area contributed by atoms with Gasteiger partial charge < -0.3 is 4.42 Å². The second-order valence-corrected chi connectivity index (χ2v) is 2.39. The van der Waals surface area contributed by atoms with E-state index in [1.54, 1.807) is 6.92 Å². The van der Waals surface area contributed by atoms with Crippen molar-refractivity contribution in [2.24, 2.45) is 0 Å². The fourth-order valence-electron chi connectivity index (χ4n) is 0.727. The molecule has 2 N–H and O–H groups in total. The average Bonchev–Trinajstić information content (AvgIpc) is 2.47. The van der Waals surface area contributed by atoms with Gasteiger partial charge in [0.2, 0.25) is 5.91 Å². The van der Waals surface area contributed by atoms with Crippen LogP contribution < -0.4 is 10.9 Å². The lowest BCUT2D eigenvalue weighted by molar-refractivity contribution is -0.119. The van der Waals surface area contributed by atoms with Gasteiger partial charge in [-0.1, -0.05) is 0 Å². The Morgan fingerprint density at radius 3 is 2.62 bits per heavy atom. The smallest absolute Gasteiger partial charge is 0.291 e. The van der Waals surface area contributed by atoms with E-state index >= 15 is 0 Å². The molecule has 0 aromatic carbocycles. The highest BCUT2D eigenvalue weighted by molar-refractivity contribution is 5.94. The number of aryl methyl sites for hydroxylation is 1. The first kappa shape index (κ1) is 9.24. The van der Waals surface area contributed by atoms with Crippen LogP contribution in [0.5, 0.6) is 0 Å². The largest absolute Gasteiger partial charge is 0.448 e. The summed E-state index contributed by atoms with van der Waals surface area (Å²) in [6.07, 6.45) is 1.16. The van der Waals surface area contributed by atoms with Gasteiger partial charge in [-0.3, -0.25) is 20.4 Å². The van der Waals surface area contributed by atoms with Gasteiger partial charge in [0.05, 0.1) is 0 Å². The van der Waals surface area contributed by atoms with E-state index in [0.717, 1.165) is 6.39 Å². The lowest BCUT2D eigenvalue weighted by Gasteiger charge is -2.01. The Hall–Kier alpha value is -1.85. The number of hydrogen-bond acceptors (Lipinski definition) is 4. The van der Waals surface area contributed by atoms with Crippen LogP contribution in [0.15, 0.2) is 10.8 Å². The van der Waals surface area contributed by atoms with Gasteiger partial charge in [0, 0.05) is 6.92 Å². The molecule has 6 heteroatoms. The van der Waals surface area contributed by atoms with E-state index in [0.29, 0.717) is 5.76 Å². The predicted octanol–water partition coefficient (Wildman–Crippen LogP) is -0.236. The normalized spacial score (nSPS) is 9.38. The van der Waals surface area contributed by atoms with Gasteiger partial charge in [0.25, 0.3) is 5.91 Å². The van der Waals surface area contributed by atoms with Gasteiger partial charge in [-0.25, -0.2) is 4.98 Å². The summed E-state index contributed by atoms with van der Waals surface area (Å²) >= 11 is 0. The molecule has 1 heterocycles. The molecule has 0 aliphatic carbocycles. The summed E-state index contributed by atoms with van der Waals surface area (Å²) in [7, 11) is 0. The van der Waals surface area contributed by atoms with E-state index < -0.39 is 5.91 Å². The van der Waals surface area contributed by atoms with E-state index in [1.807, 2.05) is 0 Å². The van der Waals surface area contributed by atoms with Crippen LogP contribution in [-0.2, 0) is 4.79 Å². The van der Waals surface area contributed by atoms with Crippen molar-refractivity contribution >= 4 is 11.8 Å². The van der Waals surface area contributed by atoms with E-state index in [2.05, 4.69) is 15.8 Å². The molecular formula is C7H9N3O3. The molecule has 2 amide bonds. The predicted molar refractivity (Wildman–Crippen MR) is 42.5 cm³/mol. The zero-order valence-corrected chi connectivity index (χ0v) is 7.25. The van der Waals surface area contributed by atoms with Gasteiger partial charge in [0.15, 0.2) is 12.1 Å². The number of hydrazine groups is 1. The second-order valence-electron chi connectivity index (χ2n) is 2.39. The van der Waals surface area contributed by atoms with Gasteiger partial charge in [-0.05, 0) is 6.92 Å². The zero-order valence-electron chi connectivity index (χ0n) is 7.25. The molecular weight excluding hydrogens is 174 g/mol. The molecule has 0 bridgehead atoms. The Bertz CT molecular complexity index is 331. The first-order chi connectivity index (χ1) is 6.11. The van der Waals surface area contributed by atoms with Crippen LogP contribution in [0, 0.1) is 6.92 Å².